The van der Waals surface area contributed by atoms with E-state index in [4.69, 9.17) is 30.2 Å². The first-order valence-electron chi connectivity index (χ1n) is 8.30. The van der Waals surface area contributed by atoms with E-state index in [9.17, 15) is 0 Å². The number of rotatable bonds is 10. The summed E-state index contributed by atoms with van der Waals surface area (Å²) in [6, 6.07) is 7.52. The largest absolute Gasteiger partial charge is 0.493 e. The lowest BCUT2D eigenvalue weighted by Crippen LogP contribution is -2.26. The van der Waals surface area contributed by atoms with Crippen LogP contribution in [0.3, 0.4) is 0 Å². The molecule has 1 aromatic heterocycles. The average Bonchev–Trinajstić information content (AvgIpc) is 3.12. The van der Waals surface area contributed by atoms with Crippen molar-refractivity contribution in [1.82, 2.24) is 5.32 Å². The van der Waals surface area contributed by atoms with Gasteiger partial charge in [0.15, 0.2) is 11.5 Å². The van der Waals surface area contributed by atoms with Crippen molar-refractivity contribution in [3.05, 3.63) is 46.9 Å². The topological polar surface area (TPSA) is 52.9 Å². The van der Waals surface area contributed by atoms with Gasteiger partial charge < -0.3 is 23.9 Å². The van der Waals surface area contributed by atoms with Gasteiger partial charge in [-0.1, -0.05) is 31.5 Å². The van der Waals surface area contributed by atoms with Gasteiger partial charge in [-0.3, -0.25) is 0 Å². The number of hydrogen-bond acceptors (Lipinski definition) is 5. The summed E-state index contributed by atoms with van der Waals surface area (Å²) in [4.78, 5) is 0. The summed E-state index contributed by atoms with van der Waals surface area (Å²) < 4.78 is 21.9. The van der Waals surface area contributed by atoms with Crippen LogP contribution in [0.15, 0.2) is 34.9 Å². The minimum Gasteiger partial charge on any atom is -0.493 e. The number of furan rings is 1. The molecule has 0 aliphatic heterocycles. The molecular weight excluding hydrogens is 342 g/mol. The monoisotopic (exact) mass is 367 g/mol. The lowest BCUT2D eigenvalue weighted by atomic mass is 10.1. The van der Waals surface area contributed by atoms with Crippen LogP contribution >= 0.6 is 11.6 Å². The Labute approximate surface area is 154 Å². The van der Waals surface area contributed by atoms with E-state index >= 15 is 0 Å². The molecule has 0 radical (unpaired) electrons. The van der Waals surface area contributed by atoms with E-state index in [0.717, 1.165) is 11.3 Å². The predicted octanol–water partition coefficient (Wildman–Crippen LogP) is 4.45. The molecule has 6 heteroatoms. The Morgan fingerprint density at radius 1 is 1.12 bits per heavy atom. The van der Waals surface area contributed by atoms with Crippen LogP contribution in [-0.4, -0.2) is 27.4 Å². The smallest absolute Gasteiger partial charge is 0.179 e. The minimum atomic E-state index is -0.0575. The highest BCUT2D eigenvalue weighted by Crippen LogP contribution is 2.37. The van der Waals surface area contributed by atoms with Crippen LogP contribution in [0, 0.1) is 5.92 Å². The number of ether oxygens (including phenoxy) is 3. The molecule has 0 aliphatic carbocycles. The molecule has 0 saturated heterocycles. The summed E-state index contributed by atoms with van der Waals surface area (Å²) in [5, 5.41) is 3.98. The Bertz CT molecular complexity index is 643. The molecule has 1 N–H and O–H groups in total. The first-order chi connectivity index (χ1) is 12.1. The zero-order valence-corrected chi connectivity index (χ0v) is 15.9. The highest BCUT2D eigenvalue weighted by molar-refractivity contribution is 6.33. The molecule has 1 heterocycles. The van der Waals surface area contributed by atoms with Crippen molar-refractivity contribution >= 4 is 11.6 Å². The van der Waals surface area contributed by atoms with E-state index < -0.39 is 0 Å². The second kappa shape index (κ2) is 9.70. The molecule has 0 amide bonds. The molecule has 5 nitrogen and oxygen atoms in total. The Morgan fingerprint density at radius 3 is 2.52 bits per heavy atom. The van der Waals surface area contributed by atoms with Crippen LogP contribution in [-0.2, 0) is 11.3 Å². The summed E-state index contributed by atoms with van der Waals surface area (Å²) in [6.45, 7) is 6.03. The molecule has 1 aromatic carbocycles. The van der Waals surface area contributed by atoms with Gasteiger partial charge in [-0.2, -0.15) is 0 Å². The van der Waals surface area contributed by atoms with Gasteiger partial charge in [-0.25, -0.2) is 0 Å². The maximum absolute atomic E-state index is 6.45. The number of nitrogens with one attached hydrogen (secondary N) is 1. The second-order valence-corrected chi connectivity index (χ2v) is 6.53. The van der Waals surface area contributed by atoms with Crippen LogP contribution in [0.4, 0.5) is 0 Å². The molecule has 25 heavy (non-hydrogen) atoms. The third kappa shape index (κ3) is 5.39. The fraction of sp³-hybridized carbons (Fsp3) is 0.474. The van der Waals surface area contributed by atoms with Gasteiger partial charge in [0.05, 0.1) is 38.2 Å². The third-order valence-electron chi connectivity index (χ3n) is 3.73. The molecule has 0 fully saturated rings. The van der Waals surface area contributed by atoms with Gasteiger partial charge in [-0.15, -0.1) is 0 Å². The van der Waals surface area contributed by atoms with Crippen molar-refractivity contribution in [1.29, 1.82) is 0 Å². The van der Waals surface area contributed by atoms with E-state index in [-0.39, 0.29) is 6.04 Å². The van der Waals surface area contributed by atoms with E-state index in [0.29, 0.717) is 42.2 Å². The molecule has 2 aromatic rings. The van der Waals surface area contributed by atoms with Gasteiger partial charge >= 0.3 is 0 Å². The third-order valence-corrected chi connectivity index (χ3v) is 4.14. The van der Waals surface area contributed by atoms with E-state index in [2.05, 4.69) is 19.2 Å². The summed E-state index contributed by atoms with van der Waals surface area (Å²) in [6.07, 6.45) is 1.66. The normalized spacial score (nSPS) is 12.4. The average molecular weight is 368 g/mol. The van der Waals surface area contributed by atoms with Gasteiger partial charge in [-0.05, 0) is 29.7 Å². The maximum atomic E-state index is 6.45. The van der Waals surface area contributed by atoms with E-state index in [1.54, 1.807) is 20.5 Å². The van der Waals surface area contributed by atoms with Gasteiger partial charge in [0.1, 0.15) is 5.76 Å². The number of benzene rings is 1. The van der Waals surface area contributed by atoms with Crippen LogP contribution in [0.2, 0.25) is 5.02 Å². The minimum absolute atomic E-state index is 0.0575. The number of hydrogen-bond donors (Lipinski definition) is 1. The highest BCUT2D eigenvalue weighted by atomic mass is 35.5. The first-order valence-corrected chi connectivity index (χ1v) is 8.68. The van der Waals surface area contributed by atoms with Crippen LogP contribution < -0.4 is 14.8 Å². The van der Waals surface area contributed by atoms with E-state index in [1.807, 2.05) is 24.3 Å². The van der Waals surface area contributed by atoms with Gasteiger partial charge in [0.2, 0.25) is 0 Å². The van der Waals surface area contributed by atoms with E-state index in [1.165, 1.54) is 0 Å². The molecule has 138 valence electrons. The standard InChI is InChI=1S/C19H26ClNO4/c1-13(2)11-24-12-15(16-6-5-9-25-16)21-10-14-7-8-17(22-3)19(23-4)18(14)20/h5-9,13,15,21H,10-12H2,1-4H3. The first kappa shape index (κ1) is 19.6. The molecule has 0 bridgehead atoms. The van der Waals surface area contributed by atoms with Gasteiger partial charge in [0.25, 0.3) is 0 Å². The Kier molecular flexibility index (Phi) is 7.62. The fourth-order valence-electron chi connectivity index (χ4n) is 2.45. The maximum Gasteiger partial charge on any atom is 0.179 e. The van der Waals surface area contributed by atoms with Crippen molar-refractivity contribution < 1.29 is 18.6 Å². The molecular formula is C19H26ClNO4. The second-order valence-electron chi connectivity index (χ2n) is 6.15. The van der Waals surface area contributed by atoms with Gasteiger partial charge in [0, 0.05) is 13.2 Å². The summed E-state index contributed by atoms with van der Waals surface area (Å²) >= 11 is 6.45. The highest BCUT2D eigenvalue weighted by Gasteiger charge is 2.17. The van der Waals surface area contributed by atoms with Crippen LogP contribution in [0.5, 0.6) is 11.5 Å². The Hall–Kier alpha value is -1.69. The molecule has 0 aliphatic rings. The van der Waals surface area contributed by atoms with Crippen LogP contribution in [0.25, 0.3) is 0 Å². The van der Waals surface area contributed by atoms with Crippen molar-refractivity contribution in [2.75, 3.05) is 27.4 Å². The lowest BCUT2D eigenvalue weighted by Gasteiger charge is -2.19. The summed E-state index contributed by atoms with van der Waals surface area (Å²) in [7, 11) is 3.16. The Balaban J connectivity index is 2.07. The zero-order chi connectivity index (χ0) is 18.2. The fourth-order valence-corrected chi connectivity index (χ4v) is 2.75. The quantitative estimate of drug-likeness (QED) is 0.672. The summed E-state index contributed by atoms with van der Waals surface area (Å²) in [5.74, 6) is 2.46. The zero-order valence-electron chi connectivity index (χ0n) is 15.2. The molecule has 2 rings (SSSR count). The van der Waals surface area contributed by atoms with Crippen molar-refractivity contribution in [2.24, 2.45) is 5.92 Å². The Morgan fingerprint density at radius 2 is 1.92 bits per heavy atom. The number of methoxy groups -OCH3 is 2. The molecule has 1 atom stereocenters. The van der Waals surface area contributed by atoms with Crippen molar-refractivity contribution in [3.8, 4) is 11.5 Å². The molecule has 0 saturated carbocycles. The van der Waals surface area contributed by atoms with Crippen molar-refractivity contribution in [2.45, 2.75) is 26.4 Å². The molecule has 0 spiro atoms. The summed E-state index contributed by atoms with van der Waals surface area (Å²) in [5.41, 5.74) is 0.916. The predicted molar refractivity (Wildman–Crippen MR) is 98.5 cm³/mol. The van der Waals surface area contributed by atoms with Crippen LogP contribution in [0.1, 0.15) is 31.2 Å². The molecule has 1 unspecified atom stereocenters. The number of halogens is 1. The SMILES string of the molecule is COc1ccc(CNC(COCC(C)C)c2ccco2)c(Cl)c1OC. The van der Waals surface area contributed by atoms with Crippen molar-refractivity contribution in [3.63, 3.8) is 0 Å². The lowest BCUT2D eigenvalue weighted by molar-refractivity contribution is 0.0844.